The van der Waals surface area contributed by atoms with Gasteiger partial charge in [0, 0.05) is 22.0 Å². The van der Waals surface area contributed by atoms with Gasteiger partial charge in [0.2, 0.25) is 0 Å². The maximum absolute atomic E-state index is 11.9. The molecule has 8 rings (SSSR count). The predicted molar refractivity (Wildman–Crippen MR) is 158 cm³/mol. The van der Waals surface area contributed by atoms with E-state index in [1.54, 1.807) is 48.5 Å². The number of benzene rings is 4. The quantitative estimate of drug-likeness (QED) is 0.225. The van der Waals surface area contributed by atoms with Crippen LogP contribution in [-0.4, -0.2) is 22.2 Å². The molecule has 0 saturated heterocycles. The first-order valence-corrected chi connectivity index (χ1v) is 14.6. The van der Waals surface area contributed by atoms with Crippen molar-refractivity contribution in [2.45, 2.75) is 49.4 Å². The van der Waals surface area contributed by atoms with E-state index < -0.39 is 11.9 Å². The van der Waals surface area contributed by atoms with Gasteiger partial charge in [-0.1, -0.05) is 60.7 Å². The third kappa shape index (κ3) is 4.42. The maximum Gasteiger partial charge on any atom is 0.339 e. The van der Waals surface area contributed by atoms with E-state index in [9.17, 15) is 19.8 Å². The zero-order valence-corrected chi connectivity index (χ0v) is 23.2. The summed E-state index contributed by atoms with van der Waals surface area (Å²) in [5, 5.41) is 19.5. The Morgan fingerprint density at radius 2 is 0.905 bits per heavy atom. The van der Waals surface area contributed by atoms with E-state index in [4.69, 9.17) is 9.47 Å². The summed E-state index contributed by atoms with van der Waals surface area (Å²) >= 11 is 0. The molecular weight excluding hydrogens is 528 g/mol. The summed E-state index contributed by atoms with van der Waals surface area (Å²) in [6.45, 7) is 0. The topological polar surface area (TPSA) is 93.1 Å². The van der Waals surface area contributed by atoms with E-state index in [1.807, 2.05) is 24.3 Å². The molecule has 0 spiro atoms. The highest BCUT2D eigenvalue weighted by atomic mass is 16.5. The number of carboxylic acid groups (broad SMARTS) is 2. The highest BCUT2D eigenvalue weighted by molar-refractivity contribution is 5.91. The molecule has 4 fully saturated rings. The molecule has 0 amide bonds. The molecule has 4 aromatic carbocycles. The Hall–Kier alpha value is -4.58. The van der Waals surface area contributed by atoms with Crippen LogP contribution in [0.3, 0.4) is 0 Å². The number of rotatable bonds is 8. The van der Waals surface area contributed by atoms with Crippen molar-refractivity contribution in [2.75, 3.05) is 0 Å². The van der Waals surface area contributed by atoms with Crippen LogP contribution in [-0.2, 0) is 10.8 Å². The fraction of sp³-hybridized carbons (Fsp3) is 0.278. The van der Waals surface area contributed by atoms with Crippen LogP contribution in [0.4, 0.5) is 0 Å². The zero-order valence-electron chi connectivity index (χ0n) is 23.2. The molecule has 4 aromatic rings. The fourth-order valence-corrected chi connectivity index (χ4v) is 8.58. The van der Waals surface area contributed by atoms with Gasteiger partial charge in [-0.3, -0.25) is 0 Å². The van der Waals surface area contributed by atoms with Crippen molar-refractivity contribution in [1.82, 2.24) is 0 Å². The molecule has 2 N–H and O–H groups in total. The van der Waals surface area contributed by atoms with Crippen LogP contribution in [0.2, 0.25) is 0 Å². The van der Waals surface area contributed by atoms with E-state index >= 15 is 0 Å². The first kappa shape index (κ1) is 26.3. The van der Waals surface area contributed by atoms with Crippen LogP contribution in [0, 0.1) is 11.8 Å². The molecule has 0 unspecified atom stereocenters. The largest absolute Gasteiger partial charge is 0.478 e. The van der Waals surface area contributed by atoms with E-state index in [2.05, 4.69) is 24.3 Å². The van der Waals surface area contributed by atoms with Gasteiger partial charge in [-0.2, -0.15) is 0 Å². The molecule has 4 saturated carbocycles. The molecule has 4 aliphatic rings. The molecule has 6 nitrogen and oxygen atoms in total. The van der Waals surface area contributed by atoms with Crippen molar-refractivity contribution in [2.24, 2.45) is 11.8 Å². The smallest absolute Gasteiger partial charge is 0.339 e. The molecule has 4 aliphatic carbocycles. The Bertz CT molecular complexity index is 1550. The number of hydrogen-bond donors (Lipinski definition) is 2. The summed E-state index contributed by atoms with van der Waals surface area (Å²) in [5.41, 5.74) is 2.32. The molecule has 6 heteroatoms. The number of para-hydroxylation sites is 4. The van der Waals surface area contributed by atoms with E-state index in [0.717, 1.165) is 43.2 Å². The van der Waals surface area contributed by atoms with E-state index in [0.29, 0.717) is 34.8 Å². The van der Waals surface area contributed by atoms with Crippen LogP contribution in [0.1, 0.15) is 70.4 Å². The summed E-state index contributed by atoms with van der Waals surface area (Å²) in [4.78, 5) is 23.8. The maximum atomic E-state index is 11.9. The Kier molecular flexibility index (Phi) is 6.30. The molecule has 212 valence electrons. The molecule has 0 atom stereocenters. The average molecular weight is 561 g/mol. The molecule has 0 radical (unpaired) electrons. The SMILES string of the molecule is O=C(O)c1ccccc1Oc1ccccc1C12CC3CC(C1)CC(c1ccccc1Oc1ccccc1C(=O)O)(C3)C2. The first-order chi connectivity index (χ1) is 20.4. The lowest BCUT2D eigenvalue weighted by atomic mass is 9.41. The van der Waals surface area contributed by atoms with Crippen molar-refractivity contribution < 1.29 is 29.3 Å². The summed E-state index contributed by atoms with van der Waals surface area (Å²) in [7, 11) is 0. The Labute approximate surface area is 244 Å². The number of aromatic carboxylic acids is 2. The molecule has 0 heterocycles. The lowest BCUT2D eigenvalue weighted by Crippen LogP contribution is -2.56. The standard InChI is InChI=1S/C36H32O6/c37-33(38)25-9-1-5-13-29(25)41-31-15-7-3-11-27(31)35-18-23-17-24(19-35)21-36(20-23,22-35)28-12-4-8-16-32(28)42-30-14-6-2-10-26(30)34(39)40/h1-16,23-24H,17-22H2,(H,37,38)(H,39,40). The van der Waals surface area contributed by atoms with Gasteiger partial charge in [0.25, 0.3) is 0 Å². The number of carboxylic acids is 2. The van der Waals surface area contributed by atoms with Gasteiger partial charge in [0.1, 0.15) is 34.1 Å². The number of carbonyl (C=O) groups is 2. The predicted octanol–water partition coefficient (Wildman–Crippen LogP) is 8.46. The van der Waals surface area contributed by atoms with Gasteiger partial charge >= 0.3 is 11.9 Å². The lowest BCUT2D eigenvalue weighted by molar-refractivity contribution is -0.0294. The molecule has 0 aromatic heterocycles. The number of ether oxygens (including phenoxy) is 2. The third-order valence-corrected chi connectivity index (χ3v) is 9.65. The first-order valence-electron chi connectivity index (χ1n) is 14.6. The van der Waals surface area contributed by atoms with Crippen molar-refractivity contribution in [1.29, 1.82) is 0 Å². The van der Waals surface area contributed by atoms with E-state index in [1.165, 1.54) is 6.42 Å². The normalized spacial score (nSPS) is 25.6. The Morgan fingerprint density at radius 3 is 1.31 bits per heavy atom. The van der Waals surface area contributed by atoms with Crippen LogP contribution in [0.5, 0.6) is 23.0 Å². The molecule has 42 heavy (non-hydrogen) atoms. The van der Waals surface area contributed by atoms with Crippen LogP contribution < -0.4 is 9.47 Å². The van der Waals surface area contributed by atoms with Gasteiger partial charge < -0.3 is 19.7 Å². The van der Waals surface area contributed by atoms with Gasteiger partial charge in [-0.15, -0.1) is 0 Å². The van der Waals surface area contributed by atoms with Crippen molar-refractivity contribution in [3.8, 4) is 23.0 Å². The minimum atomic E-state index is -1.02. The highest BCUT2D eigenvalue weighted by Gasteiger charge is 2.60. The monoisotopic (exact) mass is 560 g/mol. The third-order valence-electron chi connectivity index (χ3n) is 9.65. The minimum Gasteiger partial charge on any atom is -0.478 e. The van der Waals surface area contributed by atoms with Crippen molar-refractivity contribution >= 4 is 11.9 Å². The zero-order chi connectivity index (χ0) is 28.9. The number of hydrogen-bond acceptors (Lipinski definition) is 4. The van der Waals surface area contributed by atoms with Crippen molar-refractivity contribution in [3.05, 3.63) is 119 Å². The van der Waals surface area contributed by atoms with E-state index in [-0.39, 0.29) is 22.0 Å². The summed E-state index contributed by atoms with van der Waals surface area (Å²) in [6, 6.07) is 29.8. The molecule has 4 bridgehead atoms. The second-order valence-corrected chi connectivity index (χ2v) is 12.3. The summed E-state index contributed by atoms with van der Waals surface area (Å²) in [6.07, 6.45) is 6.40. The second-order valence-electron chi connectivity index (χ2n) is 12.3. The fourth-order valence-electron chi connectivity index (χ4n) is 8.58. The van der Waals surface area contributed by atoms with Crippen LogP contribution >= 0.6 is 0 Å². The van der Waals surface area contributed by atoms with Gasteiger partial charge in [0.05, 0.1) is 0 Å². The average Bonchev–Trinajstić information content (AvgIpc) is 2.97. The van der Waals surface area contributed by atoms with Gasteiger partial charge in [0.15, 0.2) is 0 Å². The van der Waals surface area contributed by atoms with Gasteiger partial charge in [-0.25, -0.2) is 9.59 Å². The second kappa shape index (κ2) is 10.1. The lowest BCUT2D eigenvalue weighted by Gasteiger charge is -2.63. The molecular formula is C36H32O6. The van der Waals surface area contributed by atoms with Crippen molar-refractivity contribution in [3.63, 3.8) is 0 Å². The van der Waals surface area contributed by atoms with Crippen LogP contribution in [0.15, 0.2) is 97.1 Å². The highest BCUT2D eigenvalue weighted by Crippen LogP contribution is 2.68. The summed E-state index contributed by atoms with van der Waals surface area (Å²) in [5.74, 6) is 1.16. The Morgan fingerprint density at radius 1 is 0.548 bits per heavy atom. The van der Waals surface area contributed by atoms with Crippen LogP contribution in [0.25, 0.3) is 0 Å². The molecule has 0 aliphatic heterocycles. The minimum absolute atomic E-state index is 0.120. The van der Waals surface area contributed by atoms with Gasteiger partial charge in [-0.05, 0) is 86.8 Å². The Balaban J connectivity index is 1.29. The summed E-state index contributed by atoms with van der Waals surface area (Å²) < 4.78 is 12.8.